The van der Waals surface area contributed by atoms with Gasteiger partial charge in [0.25, 0.3) is 5.91 Å². The molecule has 1 aliphatic heterocycles. The van der Waals surface area contributed by atoms with Crippen LogP contribution in [-0.4, -0.2) is 23.2 Å². The van der Waals surface area contributed by atoms with Crippen molar-refractivity contribution in [3.63, 3.8) is 0 Å². The normalized spacial score (nSPS) is 16.5. The number of hydrazone groups is 1. The van der Waals surface area contributed by atoms with Crippen LogP contribution in [0.25, 0.3) is 0 Å². The summed E-state index contributed by atoms with van der Waals surface area (Å²) >= 11 is 6.25. The van der Waals surface area contributed by atoms with Crippen molar-refractivity contribution in [3.05, 3.63) is 70.0 Å². The molecule has 6 heteroatoms. The number of amides is 1. The van der Waals surface area contributed by atoms with E-state index in [0.717, 1.165) is 36.1 Å². The van der Waals surface area contributed by atoms with Crippen LogP contribution in [0.4, 0.5) is 4.39 Å². The average molecular weight is 430 g/mol. The molecule has 0 bridgehead atoms. The van der Waals surface area contributed by atoms with Gasteiger partial charge in [0.15, 0.2) is 0 Å². The van der Waals surface area contributed by atoms with Gasteiger partial charge >= 0.3 is 0 Å². The molecule has 3 rings (SSSR count). The molecule has 160 valence electrons. The second-order valence-electron chi connectivity index (χ2n) is 8.37. The Balaban J connectivity index is 1.81. The van der Waals surface area contributed by atoms with Crippen molar-refractivity contribution in [1.82, 2.24) is 10.3 Å². The van der Waals surface area contributed by atoms with Crippen molar-refractivity contribution in [1.29, 1.82) is 0 Å². The standard InChI is InChI=1S/C24H29ClFN3O/c1-5-6-13-29-22(20-14-18(25)10-7-16(20)2)15-21(28-29)23(30)27-24(3,4)17-8-11-19(26)12-9-17/h7-12,14,22H,5-6,13,15H2,1-4H3,(H,27,30). The Labute approximate surface area is 183 Å². The van der Waals surface area contributed by atoms with Gasteiger partial charge in [0.05, 0.1) is 11.6 Å². The van der Waals surface area contributed by atoms with Gasteiger partial charge in [-0.15, -0.1) is 0 Å². The van der Waals surface area contributed by atoms with E-state index in [2.05, 4.69) is 24.3 Å². The van der Waals surface area contributed by atoms with Gasteiger partial charge in [0, 0.05) is 18.0 Å². The zero-order chi connectivity index (χ0) is 21.9. The summed E-state index contributed by atoms with van der Waals surface area (Å²) in [6.45, 7) is 8.78. The summed E-state index contributed by atoms with van der Waals surface area (Å²) in [7, 11) is 0. The fraction of sp³-hybridized carbons (Fsp3) is 0.417. The average Bonchev–Trinajstić information content (AvgIpc) is 3.12. The molecule has 30 heavy (non-hydrogen) atoms. The Morgan fingerprint density at radius 2 is 1.97 bits per heavy atom. The lowest BCUT2D eigenvalue weighted by Gasteiger charge is -2.27. The van der Waals surface area contributed by atoms with E-state index in [-0.39, 0.29) is 17.8 Å². The molecule has 1 heterocycles. The number of rotatable bonds is 7. The molecule has 1 N–H and O–H groups in total. The maximum absolute atomic E-state index is 13.3. The summed E-state index contributed by atoms with van der Waals surface area (Å²) in [6.07, 6.45) is 2.57. The Morgan fingerprint density at radius 1 is 1.27 bits per heavy atom. The number of aryl methyl sites for hydroxylation is 1. The second-order valence-corrected chi connectivity index (χ2v) is 8.81. The van der Waals surface area contributed by atoms with Gasteiger partial charge in [-0.3, -0.25) is 9.80 Å². The van der Waals surface area contributed by atoms with E-state index in [1.165, 1.54) is 12.1 Å². The smallest absolute Gasteiger partial charge is 0.268 e. The zero-order valence-corrected chi connectivity index (χ0v) is 18.8. The van der Waals surface area contributed by atoms with E-state index < -0.39 is 5.54 Å². The highest BCUT2D eigenvalue weighted by Gasteiger charge is 2.34. The molecule has 1 amide bonds. The van der Waals surface area contributed by atoms with E-state index in [1.807, 2.05) is 37.1 Å². The number of halogens is 2. The first-order valence-corrected chi connectivity index (χ1v) is 10.8. The van der Waals surface area contributed by atoms with Gasteiger partial charge < -0.3 is 5.32 Å². The molecule has 4 nitrogen and oxygen atoms in total. The minimum atomic E-state index is -0.647. The maximum Gasteiger partial charge on any atom is 0.268 e. The first-order chi connectivity index (χ1) is 14.2. The highest BCUT2D eigenvalue weighted by atomic mass is 35.5. The quantitative estimate of drug-likeness (QED) is 0.609. The van der Waals surface area contributed by atoms with E-state index in [9.17, 15) is 9.18 Å². The lowest BCUT2D eigenvalue weighted by molar-refractivity contribution is -0.116. The largest absolute Gasteiger partial charge is 0.342 e. The van der Waals surface area contributed by atoms with Gasteiger partial charge in [-0.1, -0.05) is 43.1 Å². The molecular formula is C24H29ClFN3O. The second kappa shape index (κ2) is 9.17. The minimum Gasteiger partial charge on any atom is -0.342 e. The van der Waals surface area contributed by atoms with Crippen molar-refractivity contribution in [2.75, 3.05) is 6.54 Å². The first-order valence-electron chi connectivity index (χ1n) is 10.4. The van der Waals surface area contributed by atoms with E-state index in [1.54, 1.807) is 12.1 Å². The number of carbonyl (C=O) groups is 1. The van der Waals surface area contributed by atoms with Crippen LogP contribution >= 0.6 is 11.6 Å². The molecule has 0 fully saturated rings. The molecule has 0 saturated carbocycles. The summed E-state index contributed by atoms with van der Waals surface area (Å²) in [5.41, 5.74) is 2.93. The van der Waals surface area contributed by atoms with Crippen LogP contribution in [0.2, 0.25) is 5.02 Å². The van der Waals surface area contributed by atoms with Crippen molar-refractivity contribution in [2.24, 2.45) is 5.10 Å². The fourth-order valence-electron chi connectivity index (χ4n) is 3.75. The SMILES string of the molecule is CCCCN1N=C(C(=O)NC(C)(C)c2ccc(F)cc2)CC1c1cc(Cl)ccc1C. The van der Waals surface area contributed by atoms with Crippen LogP contribution in [0.5, 0.6) is 0 Å². The third kappa shape index (κ3) is 5.01. The number of nitrogens with one attached hydrogen (secondary N) is 1. The Hall–Kier alpha value is -2.40. The number of unbranched alkanes of at least 4 members (excludes halogenated alkanes) is 1. The van der Waals surface area contributed by atoms with Gasteiger partial charge in [0.1, 0.15) is 11.5 Å². The van der Waals surface area contributed by atoms with Gasteiger partial charge in [0.2, 0.25) is 0 Å². The van der Waals surface area contributed by atoms with Crippen molar-refractivity contribution >= 4 is 23.2 Å². The van der Waals surface area contributed by atoms with Crippen LogP contribution in [-0.2, 0) is 10.3 Å². The summed E-state index contributed by atoms with van der Waals surface area (Å²) < 4.78 is 13.3. The maximum atomic E-state index is 13.3. The number of hydrogen-bond acceptors (Lipinski definition) is 3. The van der Waals surface area contributed by atoms with Gasteiger partial charge in [-0.05, 0) is 68.1 Å². The number of nitrogens with zero attached hydrogens (tertiary/aromatic N) is 2. The monoisotopic (exact) mass is 429 g/mol. The molecule has 0 aliphatic carbocycles. The van der Waals surface area contributed by atoms with Crippen LogP contribution in [0.15, 0.2) is 47.6 Å². The van der Waals surface area contributed by atoms with Crippen molar-refractivity contribution in [3.8, 4) is 0 Å². The third-order valence-electron chi connectivity index (χ3n) is 5.59. The van der Waals surface area contributed by atoms with Crippen molar-refractivity contribution < 1.29 is 9.18 Å². The molecular weight excluding hydrogens is 401 g/mol. The van der Waals surface area contributed by atoms with E-state index in [4.69, 9.17) is 11.6 Å². The minimum absolute atomic E-state index is 0.00932. The topological polar surface area (TPSA) is 44.7 Å². The molecule has 0 radical (unpaired) electrons. The Kier molecular flexibility index (Phi) is 6.81. The molecule has 1 atom stereocenters. The molecule has 0 saturated heterocycles. The highest BCUT2D eigenvalue weighted by molar-refractivity contribution is 6.39. The summed E-state index contributed by atoms with van der Waals surface area (Å²) in [6, 6.07) is 12.0. The first kappa shape index (κ1) is 22.3. The van der Waals surface area contributed by atoms with Crippen molar-refractivity contribution in [2.45, 2.75) is 58.5 Å². The summed E-state index contributed by atoms with van der Waals surface area (Å²) in [5.74, 6) is -0.500. The van der Waals surface area contributed by atoms with Crippen LogP contribution in [0, 0.1) is 12.7 Å². The van der Waals surface area contributed by atoms with Gasteiger partial charge in [-0.25, -0.2) is 4.39 Å². The lowest BCUT2D eigenvalue weighted by atomic mass is 9.93. The predicted molar refractivity (Wildman–Crippen MR) is 120 cm³/mol. The Morgan fingerprint density at radius 3 is 2.63 bits per heavy atom. The van der Waals surface area contributed by atoms with E-state index in [0.29, 0.717) is 17.2 Å². The number of hydrogen-bond donors (Lipinski definition) is 1. The molecule has 2 aromatic carbocycles. The van der Waals surface area contributed by atoms with Crippen LogP contribution in [0.1, 0.15) is 62.8 Å². The summed E-state index contributed by atoms with van der Waals surface area (Å²) in [5, 5.41) is 10.4. The lowest BCUT2D eigenvalue weighted by Crippen LogP contribution is -2.44. The van der Waals surface area contributed by atoms with Crippen LogP contribution < -0.4 is 5.32 Å². The predicted octanol–water partition coefficient (Wildman–Crippen LogP) is 5.74. The summed E-state index contributed by atoms with van der Waals surface area (Å²) in [4.78, 5) is 13.1. The highest BCUT2D eigenvalue weighted by Crippen LogP contribution is 2.34. The van der Waals surface area contributed by atoms with Crippen LogP contribution in [0.3, 0.4) is 0 Å². The molecule has 0 aromatic heterocycles. The number of benzene rings is 2. The Bertz CT molecular complexity index is 940. The molecule has 0 spiro atoms. The molecule has 2 aromatic rings. The number of carbonyl (C=O) groups excluding carboxylic acids is 1. The third-order valence-corrected chi connectivity index (χ3v) is 5.83. The van der Waals surface area contributed by atoms with E-state index >= 15 is 0 Å². The molecule has 1 unspecified atom stereocenters. The zero-order valence-electron chi connectivity index (χ0n) is 18.0. The van der Waals surface area contributed by atoms with Gasteiger partial charge in [-0.2, -0.15) is 5.10 Å². The fourth-order valence-corrected chi connectivity index (χ4v) is 3.93. The molecule has 1 aliphatic rings.